The van der Waals surface area contributed by atoms with Crippen LogP contribution in [0, 0.1) is 5.92 Å². The molecule has 1 aromatic carbocycles. The fourth-order valence-electron chi connectivity index (χ4n) is 2.79. The Morgan fingerprint density at radius 3 is 3.00 bits per heavy atom. The van der Waals surface area contributed by atoms with Gasteiger partial charge in [0.1, 0.15) is 0 Å². The molecule has 0 aliphatic carbocycles. The number of ether oxygens (including phenoxy) is 1. The van der Waals surface area contributed by atoms with E-state index in [1.807, 2.05) is 18.2 Å². The van der Waals surface area contributed by atoms with Crippen molar-refractivity contribution in [3.8, 4) is 0 Å². The van der Waals surface area contributed by atoms with E-state index in [1.54, 1.807) is 0 Å². The van der Waals surface area contributed by atoms with Crippen molar-refractivity contribution in [1.29, 1.82) is 0 Å². The highest BCUT2D eigenvalue weighted by Gasteiger charge is 2.16. The van der Waals surface area contributed by atoms with Crippen molar-refractivity contribution in [3.05, 3.63) is 33.8 Å². The molecular formula is C16H23BrN2O2. The second kappa shape index (κ2) is 7.92. The molecule has 1 aliphatic heterocycles. The zero-order chi connectivity index (χ0) is 15.2. The zero-order valence-corrected chi connectivity index (χ0v) is 14.3. The van der Waals surface area contributed by atoms with E-state index < -0.39 is 0 Å². The molecule has 0 spiro atoms. The maximum atomic E-state index is 11.5. The molecule has 1 atom stereocenters. The van der Waals surface area contributed by atoms with Crippen molar-refractivity contribution < 1.29 is 9.53 Å². The molecular weight excluding hydrogens is 332 g/mol. The van der Waals surface area contributed by atoms with E-state index in [1.165, 1.54) is 33.0 Å². The third-order valence-electron chi connectivity index (χ3n) is 3.94. The monoisotopic (exact) mass is 354 g/mol. The molecule has 0 saturated carbocycles. The van der Waals surface area contributed by atoms with Gasteiger partial charge in [-0.25, -0.2) is 4.79 Å². The van der Waals surface area contributed by atoms with E-state index in [-0.39, 0.29) is 5.97 Å². The van der Waals surface area contributed by atoms with E-state index in [2.05, 4.69) is 33.2 Å². The number of hydrogen-bond acceptors (Lipinski definition) is 4. The Balaban J connectivity index is 1.84. The molecule has 116 valence electrons. The van der Waals surface area contributed by atoms with Crippen LogP contribution in [-0.4, -0.2) is 44.7 Å². The molecule has 2 rings (SSSR count). The Morgan fingerprint density at radius 2 is 2.33 bits per heavy atom. The summed E-state index contributed by atoms with van der Waals surface area (Å²) in [5.74, 6) is 0.428. The van der Waals surface area contributed by atoms with Crippen molar-refractivity contribution in [1.82, 2.24) is 10.2 Å². The number of methoxy groups -OCH3 is 1. The van der Waals surface area contributed by atoms with Gasteiger partial charge in [-0.3, -0.25) is 0 Å². The Hall–Kier alpha value is -0.910. The van der Waals surface area contributed by atoms with E-state index in [0.717, 1.165) is 29.0 Å². The number of rotatable bonds is 5. The van der Waals surface area contributed by atoms with E-state index >= 15 is 0 Å². The fraction of sp³-hybridized carbons (Fsp3) is 0.562. The number of esters is 1. The number of nitrogens with one attached hydrogen (secondary N) is 1. The van der Waals surface area contributed by atoms with Crippen molar-refractivity contribution in [2.45, 2.75) is 19.4 Å². The topological polar surface area (TPSA) is 41.6 Å². The first kappa shape index (κ1) is 16.5. The van der Waals surface area contributed by atoms with Gasteiger partial charge < -0.3 is 15.0 Å². The van der Waals surface area contributed by atoms with Crippen molar-refractivity contribution >= 4 is 21.9 Å². The zero-order valence-electron chi connectivity index (χ0n) is 12.7. The Kier molecular flexibility index (Phi) is 6.21. The molecule has 21 heavy (non-hydrogen) atoms. The highest BCUT2D eigenvalue weighted by atomic mass is 79.9. The number of hydrogen-bond donors (Lipinski definition) is 1. The number of nitrogens with zero attached hydrogens (tertiary/aromatic N) is 1. The number of halogens is 1. The average molecular weight is 355 g/mol. The van der Waals surface area contributed by atoms with Gasteiger partial charge in [0.15, 0.2) is 0 Å². The predicted molar refractivity (Wildman–Crippen MR) is 87.4 cm³/mol. The van der Waals surface area contributed by atoms with E-state index in [9.17, 15) is 4.79 Å². The lowest BCUT2D eigenvalue weighted by molar-refractivity contribution is 0.0600. The molecule has 0 aromatic heterocycles. The lowest BCUT2D eigenvalue weighted by Crippen LogP contribution is -2.37. The summed E-state index contributed by atoms with van der Waals surface area (Å²) in [6.07, 6.45) is 2.60. The van der Waals surface area contributed by atoms with Gasteiger partial charge in [-0.1, -0.05) is 22.0 Å². The van der Waals surface area contributed by atoms with Crippen LogP contribution in [0.15, 0.2) is 22.7 Å². The maximum Gasteiger partial charge on any atom is 0.337 e. The maximum absolute atomic E-state index is 11.5. The molecule has 5 heteroatoms. The summed E-state index contributed by atoms with van der Waals surface area (Å²) in [5, 5.41) is 3.52. The minimum atomic E-state index is -0.305. The Morgan fingerprint density at radius 1 is 1.52 bits per heavy atom. The molecule has 4 nitrogen and oxygen atoms in total. The molecule has 1 unspecified atom stereocenters. The van der Waals surface area contributed by atoms with Gasteiger partial charge in [0, 0.05) is 17.6 Å². The Labute approximate surface area is 135 Å². The summed E-state index contributed by atoms with van der Waals surface area (Å²) in [4.78, 5) is 13.9. The fourth-order valence-corrected chi connectivity index (χ4v) is 3.31. The van der Waals surface area contributed by atoms with Crippen molar-refractivity contribution in [3.63, 3.8) is 0 Å². The van der Waals surface area contributed by atoms with Crippen LogP contribution in [0.25, 0.3) is 0 Å². The van der Waals surface area contributed by atoms with Gasteiger partial charge in [-0.15, -0.1) is 0 Å². The van der Waals surface area contributed by atoms with E-state index in [4.69, 9.17) is 4.74 Å². The summed E-state index contributed by atoms with van der Waals surface area (Å²) < 4.78 is 5.66. The van der Waals surface area contributed by atoms with Crippen LogP contribution in [-0.2, 0) is 11.3 Å². The first-order valence-corrected chi connectivity index (χ1v) is 8.15. The molecule has 1 saturated heterocycles. The van der Waals surface area contributed by atoms with Crippen LogP contribution in [0.5, 0.6) is 0 Å². The van der Waals surface area contributed by atoms with Crippen LogP contribution in [0.3, 0.4) is 0 Å². The molecule has 0 radical (unpaired) electrons. The first-order chi connectivity index (χ1) is 10.1. The van der Waals surface area contributed by atoms with Crippen LogP contribution in [0.4, 0.5) is 0 Å². The highest BCUT2D eigenvalue weighted by molar-refractivity contribution is 9.10. The number of piperidine rings is 1. The minimum Gasteiger partial charge on any atom is -0.465 e. The third-order valence-corrected chi connectivity index (χ3v) is 4.68. The minimum absolute atomic E-state index is 0.305. The number of carbonyl (C=O) groups is 1. The van der Waals surface area contributed by atoms with Gasteiger partial charge in [0.2, 0.25) is 0 Å². The summed E-state index contributed by atoms with van der Waals surface area (Å²) >= 11 is 3.52. The molecule has 1 heterocycles. The van der Waals surface area contributed by atoms with Crippen LogP contribution in [0.1, 0.15) is 28.8 Å². The largest absolute Gasteiger partial charge is 0.465 e. The van der Waals surface area contributed by atoms with Crippen LogP contribution < -0.4 is 5.32 Å². The summed E-state index contributed by atoms with van der Waals surface area (Å²) in [7, 11) is 3.58. The summed E-state index contributed by atoms with van der Waals surface area (Å²) in [6.45, 7) is 4.24. The van der Waals surface area contributed by atoms with E-state index in [0.29, 0.717) is 5.56 Å². The van der Waals surface area contributed by atoms with Crippen molar-refractivity contribution in [2.24, 2.45) is 5.92 Å². The molecule has 1 aliphatic rings. The van der Waals surface area contributed by atoms with Gasteiger partial charge in [0.05, 0.1) is 12.7 Å². The lowest BCUT2D eigenvalue weighted by Gasteiger charge is -2.29. The van der Waals surface area contributed by atoms with Crippen molar-refractivity contribution in [2.75, 3.05) is 33.8 Å². The Bertz CT molecular complexity index is 493. The first-order valence-electron chi connectivity index (χ1n) is 7.36. The van der Waals surface area contributed by atoms with Crippen LogP contribution in [0.2, 0.25) is 0 Å². The highest BCUT2D eigenvalue weighted by Crippen LogP contribution is 2.20. The number of benzene rings is 1. The normalized spacial score (nSPS) is 19.5. The molecule has 1 N–H and O–H groups in total. The quantitative estimate of drug-likeness (QED) is 0.825. The average Bonchev–Trinajstić information content (AvgIpc) is 2.48. The number of likely N-dealkylation sites (tertiary alicyclic amines) is 1. The molecule has 0 amide bonds. The molecule has 1 aromatic rings. The smallest absolute Gasteiger partial charge is 0.337 e. The van der Waals surface area contributed by atoms with Gasteiger partial charge in [-0.2, -0.15) is 0 Å². The summed E-state index contributed by atoms with van der Waals surface area (Å²) in [6, 6.07) is 5.59. The van der Waals surface area contributed by atoms with Gasteiger partial charge >= 0.3 is 5.97 Å². The third kappa shape index (κ3) is 4.80. The van der Waals surface area contributed by atoms with Gasteiger partial charge in [-0.05, 0) is 56.6 Å². The molecule has 1 fully saturated rings. The number of carbonyl (C=O) groups excluding carboxylic acids is 1. The lowest BCUT2D eigenvalue weighted by atomic mass is 9.98. The second-order valence-electron chi connectivity index (χ2n) is 5.70. The standard InChI is InChI=1S/C16H23BrN2O2/c1-19-7-3-4-12(11-19)9-18-10-14-6-5-13(8-15(14)17)16(20)21-2/h5-6,8,12,18H,3-4,7,9-11H2,1-2H3. The second-order valence-corrected chi connectivity index (χ2v) is 6.55. The summed E-state index contributed by atoms with van der Waals surface area (Å²) in [5.41, 5.74) is 1.73. The molecule has 0 bridgehead atoms. The van der Waals surface area contributed by atoms with Crippen LogP contribution >= 0.6 is 15.9 Å². The SMILES string of the molecule is COC(=O)c1ccc(CNCC2CCCN(C)C2)c(Br)c1. The van der Waals surface area contributed by atoms with Gasteiger partial charge in [0.25, 0.3) is 0 Å². The predicted octanol–water partition coefficient (Wildman–Crippen LogP) is 2.67.